The minimum atomic E-state index is -0.481. The van der Waals surface area contributed by atoms with Crippen LogP contribution < -0.4 is 5.32 Å². The molecule has 0 spiro atoms. The second kappa shape index (κ2) is 11.2. The van der Waals surface area contributed by atoms with Crippen LogP contribution in [0, 0.1) is 12.8 Å². The number of likely N-dealkylation sites (tertiary alicyclic amines) is 1. The Labute approximate surface area is 176 Å². The minimum absolute atomic E-state index is 0.146. The van der Waals surface area contributed by atoms with Crippen LogP contribution in [0.2, 0.25) is 0 Å². The van der Waals surface area contributed by atoms with Crippen molar-refractivity contribution in [2.45, 2.75) is 71.6 Å². The molecule has 5 heteroatoms. The molecule has 2 aliphatic rings. The molecule has 162 valence electrons. The van der Waals surface area contributed by atoms with Crippen molar-refractivity contribution in [2.24, 2.45) is 5.92 Å². The van der Waals surface area contributed by atoms with Crippen molar-refractivity contribution in [3.05, 3.63) is 34.9 Å². The number of methoxy groups -OCH3 is 1. The summed E-state index contributed by atoms with van der Waals surface area (Å²) in [4.78, 5) is 26.0. The molecule has 1 unspecified atom stereocenters. The normalized spacial score (nSPS) is 17.8. The lowest BCUT2D eigenvalue weighted by atomic mass is 9.85. The fourth-order valence-electron chi connectivity index (χ4n) is 4.18. The van der Waals surface area contributed by atoms with Crippen LogP contribution in [0.4, 0.5) is 4.79 Å². The van der Waals surface area contributed by atoms with E-state index in [9.17, 15) is 9.59 Å². The van der Waals surface area contributed by atoms with Gasteiger partial charge in [-0.1, -0.05) is 39.0 Å². The van der Waals surface area contributed by atoms with E-state index in [1.165, 1.54) is 36.6 Å². The van der Waals surface area contributed by atoms with Gasteiger partial charge in [-0.05, 0) is 67.6 Å². The summed E-state index contributed by atoms with van der Waals surface area (Å²) in [5.41, 5.74) is 4.34. The molecule has 0 radical (unpaired) electrons. The first-order valence-electron chi connectivity index (χ1n) is 11.2. The zero-order chi connectivity index (χ0) is 21.4. The van der Waals surface area contributed by atoms with Crippen LogP contribution in [0.5, 0.6) is 0 Å². The fraction of sp³-hybridized carbons (Fsp3) is 0.667. The number of benzene rings is 1. The van der Waals surface area contributed by atoms with Gasteiger partial charge in [-0.25, -0.2) is 4.79 Å². The molecule has 1 aliphatic carbocycles. The quantitative estimate of drug-likeness (QED) is 0.729. The number of ether oxygens (including phenoxy) is 1. The van der Waals surface area contributed by atoms with Gasteiger partial charge in [0.1, 0.15) is 0 Å². The van der Waals surface area contributed by atoms with E-state index in [-0.39, 0.29) is 11.8 Å². The number of nitrogens with zero attached hydrogens (tertiary/aromatic N) is 1. The SMILES string of the molecule is CC.CCC(CNC(=O)OC)C(=O)N1CCC(c2ccc(C3CC3)cc2C)CC1. The Balaban J connectivity index is 0.00000145. The summed E-state index contributed by atoms with van der Waals surface area (Å²) >= 11 is 0. The number of carbonyl (C=O) groups excluding carboxylic acids is 2. The van der Waals surface area contributed by atoms with Crippen LogP contribution in [-0.2, 0) is 9.53 Å². The molecule has 2 amide bonds. The van der Waals surface area contributed by atoms with Crippen LogP contribution in [-0.4, -0.2) is 43.6 Å². The number of carbonyl (C=O) groups is 2. The molecule has 1 saturated carbocycles. The van der Waals surface area contributed by atoms with Crippen molar-refractivity contribution in [1.82, 2.24) is 10.2 Å². The summed E-state index contributed by atoms with van der Waals surface area (Å²) in [6.07, 6.45) is 4.92. The molecule has 5 nitrogen and oxygen atoms in total. The number of hydrogen-bond donors (Lipinski definition) is 1. The largest absolute Gasteiger partial charge is 0.453 e. The van der Waals surface area contributed by atoms with Crippen molar-refractivity contribution in [3.63, 3.8) is 0 Å². The highest BCUT2D eigenvalue weighted by Crippen LogP contribution is 2.41. The third-order valence-corrected chi connectivity index (χ3v) is 6.11. The van der Waals surface area contributed by atoms with Crippen LogP contribution in [0.3, 0.4) is 0 Å². The average molecular weight is 403 g/mol. The lowest BCUT2D eigenvalue weighted by Crippen LogP contribution is -2.44. The Bertz CT molecular complexity index is 677. The number of amides is 2. The smallest absolute Gasteiger partial charge is 0.406 e. The van der Waals surface area contributed by atoms with Crippen molar-refractivity contribution < 1.29 is 14.3 Å². The first-order valence-corrected chi connectivity index (χ1v) is 11.2. The standard InChI is InChI=1S/C22H32N2O3.C2H6/c1-4-16(14-23-22(26)27-3)21(25)24-11-9-18(10-12-24)20-8-7-19(13-15(20)2)17-5-6-17;1-2/h7-8,13,16-18H,4-6,9-12,14H2,1-3H3,(H,23,26);1-2H3. The monoisotopic (exact) mass is 402 g/mol. The molecule has 1 heterocycles. The van der Waals surface area contributed by atoms with Crippen molar-refractivity contribution in [3.8, 4) is 0 Å². The molecule has 1 aromatic rings. The minimum Gasteiger partial charge on any atom is -0.453 e. The lowest BCUT2D eigenvalue weighted by Gasteiger charge is -2.35. The summed E-state index contributed by atoms with van der Waals surface area (Å²) in [7, 11) is 1.34. The molecule has 2 fully saturated rings. The number of hydrogen-bond acceptors (Lipinski definition) is 3. The van der Waals surface area contributed by atoms with E-state index >= 15 is 0 Å². The molecular weight excluding hydrogens is 364 g/mol. The fourth-order valence-corrected chi connectivity index (χ4v) is 4.18. The molecule has 1 N–H and O–H groups in total. The summed E-state index contributed by atoms with van der Waals surface area (Å²) in [5, 5.41) is 2.66. The number of aryl methyl sites for hydroxylation is 1. The molecule has 1 aliphatic heterocycles. The van der Waals surface area contributed by atoms with E-state index < -0.39 is 6.09 Å². The van der Waals surface area contributed by atoms with Crippen LogP contribution in [0.25, 0.3) is 0 Å². The van der Waals surface area contributed by atoms with E-state index in [0.717, 1.165) is 31.8 Å². The van der Waals surface area contributed by atoms with E-state index in [4.69, 9.17) is 0 Å². The second-order valence-electron chi connectivity index (χ2n) is 7.97. The highest BCUT2D eigenvalue weighted by Gasteiger charge is 2.29. The first-order chi connectivity index (χ1) is 14.0. The third kappa shape index (κ3) is 6.22. The molecule has 1 aromatic carbocycles. The zero-order valence-electron chi connectivity index (χ0n) is 18.8. The van der Waals surface area contributed by atoms with Crippen LogP contribution in [0.15, 0.2) is 18.2 Å². The topological polar surface area (TPSA) is 58.6 Å². The highest BCUT2D eigenvalue weighted by molar-refractivity contribution is 5.80. The van der Waals surface area contributed by atoms with Gasteiger partial charge in [-0.3, -0.25) is 4.79 Å². The predicted molar refractivity (Wildman–Crippen MR) is 117 cm³/mol. The Hall–Kier alpha value is -2.04. The molecule has 3 rings (SSSR count). The van der Waals surface area contributed by atoms with E-state index in [1.54, 1.807) is 0 Å². The average Bonchev–Trinajstić information content (AvgIpc) is 3.61. The highest BCUT2D eigenvalue weighted by atomic mass is 16.5. The summed E-state index contributed by atoms with van der Waals surface area (Å²) < 4.78 is 4.60. The Morgan fingerprint density at radius 1 is 1.14 bits per heavy atom. The molecular formula is C24H38N2O3. The van der Waals surface area contributed by atoms with Crippen molar-refractivity contribution in [2.75, 3.05) is 26.7 Å². The van der Waals surface area contributed by atoms with E-state index in [1.807, 2.05) is 25.7 Å². The molecule has 1 atom stereocenters. The summed E-state index contributed by atoms with van der Waals surface area (Å²) in [6, 6.07) is 7.00. The Morgan fingerprint density at radius 3 is 2.31 bits per heavy atom. The zero-order valence-corrected chi connectivity index (χ0v) is 18.8. The predicted octanol–water partition coefficient (Wildman–Crippen LogP) is 4.99. The molecule has 29 heavy (non-hydrogen) atoms. The lowest BCUT2D eigenvalue weighted by molar-refractivity contribution is -0.136. The number of nitrogens with one attached hydrogen (secondary N) is 1. The van der Waals surface area contributed by atoms with Gasteiger partial charge in [0.2, 0.25) is 5.91 Å². The Kier molecular flexibility index (Phi) is 8.99. The van der Waals surface area contributed by atoms with Crippen LogP contribution >= 0.6 is 0 Å². The van der Waals surface area contributed by atoms with Crippen LogP contribution in [0.1, 0.15) is 81.4 Å². The first kappa shape index (κ1) is 23.2. The second-order valence-corrected chi connectivity index (χ2v) is 7.97. The third-order valence-electron chi connectivity index (χ3n) is 6.11. The number of piperidine rings is 1. The maximum atomic E-state index is 12.8. The molecule has 0 aromatic heterocycles. The van der Waals surface area contributed by atoms with Gasteiger partial charge in [0.05, 0.1) is 13.0 Å². The van der Waals surface area contributed by atoms with Gasteiger partial charge in [-0.2, -0.15) is 0 Å². The number of alkyl carbamates (subject to hydrolysis) is 1. The van der Waals surface area contributed by atoms with Gasteiger partial charge in [-0.15, -0.1) is 0 Å². The van der Waals surface area contributed by atoms with Gasteiger partial charge >= 0.3 is 6.09 Å². The van der Waals surface area contributed by atoms with Gasteiger partial charge in [0.25, 0.3) is 0 Å². The maximum absolute atomic E-state index is 12.8. The van der Waals surface area contributed by atoms with Crippen molar-refractivity contribution >= 4 is 12.0 Å². The van der Waals surface area contributed by atoms with Gasteiger partial charge in [0.15, 0.2) is 0 Å². The van der Waals surface area contributed by atoms with Gasteiger partial charge in [0, 0.05) is 19.6 Å². The van der Waals surface area contributed by atoms with Gasteiger partial charge < -0.3 is 15.0 Å². The van der Waals surface area contributed by atoms with E-state index in [0.29, 0.717) is 18.9 Å². The number of rotatable bonds is 6. The summed E-state index contributed by atoms with van der Waals surface area (Å²) in [5.74, 6) is 1.30. The maximum Gasteiger partial charge on any atom is 0.406 e. The van der Waals surface area contributed by atoms with E-state index in [2.05, 4.69) is 35.2 Å². The summed E-state index contributed by atoms with van der Waals surface area (Å²) in [6.45, 7) is 10.1. The van der Waals surface area contributed by atoms with Crippen molar-refractivity contribution in [1.29, 1.82) is 0 Å². The molecule has 0 bridgehead atoms. The molecule has 1 saturated heterocycles. The Morgan fingerprint density at radius 2 is 1.79 bits per heavy atom.